The molecule has 20 heavy (non-hydrogen) atoms. The van der Waals surface area contributed by atoms with E-state index in [0.29, 0.717) is 15.1 Å². The first-order chi connectivity index (χ1) is 9.51. The van der Waals surface area contributed by atoms with Crippen LogP contribution in [0, 0.1) is 17.1 Å². The zero-order chi connectivity index (χ0) is 14.7. The van der Waals surface area contributed by atoms with E-state index in [-0.39, 0.29) is 5.82 Å². The first-order valence-electron chi connectivity index (χ1n) is 5.57. The van der Waals surface area contributed by atoms with E-state index in [0.717, 1.165) is 10.2 Å². The van der Waals surface area contributed by atoms with Gasteiger partial charge in [0.2, 0.25) is 0 Å². The Bertz CT molecular complexity index is 685. The molecule has 102 valence electrons. The maximum atomic E-state index is 13.2. The molecule has 0 fully saturated rings. The van der Waals surface area contributed by atoms with E-state index in [2.05, 4.69) is 43.2 Å². The average molecular weight is 418 g/mol. The molecule has 0 saturated heterocycles. The topological polar surface area (TPSA) is 35.8 Å². The average Bonchev–Trinajstić information content (AvgIpc) is 2.43. The highest BCUT2D eigenvalue weighted by molar-refractivity contribution is 9.10. The van der Waals surface area contributed by atoms with Crippen molar-refractivity contribution in [2.24, 2.45) is 0 Å². The predicted molar refractivity (Wildman–Crippen MR) is 85.2 cm³/mol. The van der Waals surface area contributed by atoms with Gasteiger partial charge in [0.1, 0.15) is 11.9 Å². The van der Waals surface area contributed by atoms with E-state index in [1.165, 1.54) is 6.07 Å². The van der Waals surface area contributed by atoms with Crippen LogP contribution in [0.25, 0.3) is 0 Å². The number of benzene rings is 2. The van der Waals surface area contributed by atoms with Gasteiger partial charge < -0.3 is 5.32 Å². The Morgan fingerprint density at radius 2 is 1.90 bits per heavy atom. The second-order valence-electron chi connectivity index (χ2n) is 4.01. The van der Waals surface area contributed by atoms with Crippen molar-refractivity contribution in [2.45, 2.75) is 6.04 Å². The highest BCUT2D eigenvalue weighted by Crippen LogP contribution is 2.28. The highest BCUT2D eigenvalue weighted by atomic mass is 79.9. The monoisotopic (exact) mass is 416 g/mol. The van der Waals surface area contributed by atoms with E-state index in [9.17, 15) is 9.65 Å². The number of rotatable bonds is 3. The maximum absolute atomic E-state index is 13.2. The van der Waals surface area contributed by atoms with Crippen molar-refractivity contribution >= 4 is 49.1 Å². The SMILES string of the molecule is N#CC(Nc1ccc(Cl)c(Br)c1)c1ccc(F)c(Br)c1. The smallest absolute Gasteiger partial charge is 0.140 e. The number of nitrogens with zero attached hydrogens (tertiary/aromatic N) is 1. The van der Waals surface area contributed by atoms with E-state index in [1.54, 1.807) is 30.3 Å². The van der Waals surface area contributed by atoms with Crippen LogP contribution in [0.1, 0.15) is 11.6 Å². The molecule has 0 aromatic heterocycles. The number of anilines is 1. The van der Waals surface area contributed by atoms with Crippen molar-refractivity contribution in [1.29, 1.82) is 5.26 Å². The maximum Gasteiger partial charge on any atom is 0.140 e. The summed E-state index contributed by atoms with van der Waals surface area (Å²) in [4.78, 5) is 0. The molecule has 0 aliphatic rings. The first-order valence-corrected chi connectivity index (χ1v) is 7.54. The van der Waals surface area contributed by atoms with Gasteiger partial charge in [-0.05, 0) is 67.8 Å². The number of nitrogens with one attached hydrogen (secondary N) is 1. The van der Waals surface area contributed by atoms with Crippen LogP contribution in [-0.2, 0) is 0 Å². The molecule has 0 aliphatic carbocycles. The van der Waals surface area contributed by atoms with E-state index >= 15 is 0 Å². The second-order valence-corrected chi connectivity index (χ2v) is 6.12. The molecule has 0 amide bonds. The van der Waals surface area contributed by atoms with E-state index in [4.69, 9.17) is 11.6 Å². The lowest BCUT2D eigenvalue weighted by atomic mass is 10.1. The van der Waals surface area contributed by atoms with Crippen LogP contribution >= 0.6 is 43.5 Å². The van der Waals surface area contributed by atoms with Crippen LogP contribution < -0.4 is 5.32 Å². The Balaban J connectivity index is 2.26. The highest BCUT2D eigenvalue weighted by Gasteiger charge is 2.12. The summed E-state index contributed by atoms with van der Waals surface area (Å²) in [7, 11) is 0. The second kappa shape index (κ2) is 6.57. The minimum atomic E-state index is -0.583. The molecule has 0 aliphatic heterocycles. The van der Waals surface area contributed by atoms with Gasteiger partial charge in [0.05, 0.1) is 15.6 Å². The summed E-state index contributed by atoms with van der Waals surface area (Å²) in [6.45, 7) is 0. The molecule has 1 atom stereocenters. The van der Waals surface area contributed by atoms with Crippen molar-refractivity contribution in [3.63, 3.8) is 0 Å². The third-order valence-electron chi connectivity index (χ3n) is 2.64. The molecular weight excluding hydrogens is 410 g/mol. The quantitative estimate of drug-likeness (QED) is 0.696. The van der Waals surface area contributed by atoms with Crippen LogP contribution in [0.3, 0.4) is 0 Å². The van der Waals surface area contributed by atoms with Crippen LogP contribution in [0.4, 0.5) is 10.1 Å². The molecule has 1 N–H and O–H groups in total. The fraction of sp³-hybridized carbons (Fsp3) is 0.0714. The molecule has 1 unspecified atom stereocenters. The molecule has 2 aromatic carbocycles. The summed E-state index contributed by atoms with van der Waals surface area (Å²) in [5.41, 5.74) is 1.42. The largest absolute Gasteiger partial charge is 0.366 e. The van der Waals surface area contributed by atoms with Crippen LogP contribution in [0.15, 0.2) is 45.3 Å². The summed E-state index contributed by atoms with van der Waals surface area (Å²) in [6, 6.07) is 11.3. The Labute approximate surface area is 137 Å². The molecule has 0 bridgehead atoms. The molecule has 6 heteroatoms. The molecule has 0 heterocycles. The van der Waals surface area contributed by atoms with Gasteiger partial charge in [-0.25, -0.2) is 4.39 Å². The van der Waals surface area contributed by atoms with E-state index in [1.807, 2.05) is 0 Å². The van der Waals surface area contributed by atoms with Gasteiger partial charge >= 0.3 is 0 Å². The fourth-order valence-corrected chi connectivity index (χ4v) is 2.53. The van der Waals surface area contributed by atoms with Crippen LogP contribution in [0.5, 0.6) is 0 Å². The van der Waals surface area contributed by atoms with Gasteiger partial charge in [-0.15, -0.1) is 0 Å². The zero-order valence-electron chi connectivity index (χ0n) is 10.0. The molecule has 0 spiro atoms. The molecule has 0 saturated carbocycles. The lowest BCUT2D eigenvalue weighted by Gasteiger charge is -2.14. The van der Waals surface area contributed by atoms with Gasteiger partial charge in [-0.2, -0.15) is 5.26 Å². The Morgan fingerprint density at radius 3 is 2.50 bits per heavy atom. The predicted octanol–water partition coefficient (Wildman–Crippen LogP) is 5.68. The summed E-state index contributed by atoms with van der Waals surface area (Å²) >= 11 is 12.4. The van der Waals surface area contributed by atoms with Crippen LogP contribution in [0.2, 0.25) is 5.02 Å². The van der Waals surface area contributed by atoms with Gasteiger partial charge in [-0.3, -0.25) is 0 Å². The summed E-state index contributed by atoms with van der Waals surface area (Å²) < 4.78 is 14.3. The lowest BCUT2D eigenvalue weighted by molar-refractivity contribution is 0.620. The first kappa shape index (κ1) is 15.3. The molecular formula is C14H8Br2ClFN2. The number of hydrogen-bond acceptors (Lipinski definition) is 2. The van der Waals surface area contributed by atoms with Crippen molar-refractivity contribution in [1.82, 2.24) is 0 Å². The summed E-state index contributed by atoms with van der Waals surface area (Å²) in [5.74, 6) is -0.361. The Morgan fingerprint density at radius 1 is 1.15 bits per heavy atom. The van der Waals surface area contributed by atoms with Crippen LogP contribution in [-0.4, -0.2) is 0 Å². The lowest BCUT2D eigenvalue weighted by Crippen LogP contribution is -2.08. The number of halogens is 4. The molecule has 2 rings (SSSR count). The van der Waals surface area contributed by atoms with Crippen molar-refractivity contribution in [2.75, 3.05) is 5.32 Å². The van der Waals surface area contributed by atoms with Crippen molar-refractivity contribution in [3.8, 4) is 6.07 Å². The minimum Gasteiger partial charge on any atom is -0.366 e. The molecule has 2 aromatic rings. The third kappa shape index (κ3) is 3.51. The molecule has 2 nitrogen and oxygen atoms in total. The van der Waals surface area contributed by atoms with Gasteiger partial charge in [-0.1, -0.05) is 17.7 Å². The van der Waals surface area contributed by atoms with Gasteiger partial charge in [0.15, 0.2) is 0 Å². The minimum absolute atomic E-state index is 0.328. The normalized spacial score (nSPS) is 11.8. The van der Waals surface area contributed by atoms with Crippen molar-refractivity contribution in [3.05, 3.63) is 61.7 Å². The molecule has 0 radical (unpaired) electrons. The van der Waals surface area contributed by atoms with Gasteiger partial charge in [0, 0.05) is 10.2 Å². The van der Waals surface area contributed by atoms with E-state index < -0.39 is 6.04 Å². The summed E-state index contributed by atoms with van der Waals surface area (Å²) in [5, 5.41) is 12.9. The standard InChI is InChI=1S/C14H8Br2ClFN2/c15-10-6-9(2-3-12(10)17)20-14(7-19)8-1-4-13(18)11(16)5-8/h1-6,14,20H. The summed E-state index contributed by atoms with van der Waals surface area (Å²) in [6.07, 6.45) is 0. The fourth-order valence-electron chi connectivity index (χ4n) is 1.63. The number of nitriles is 1. The Hall–Kier alpha value is -1.09. The van der Waals surface area contributed by atoms with Gasteiger partial charge in [0.25, 0.3) is 0 Å². The number of hydrogen-bond donors (Lipinski definition) is 1. The third-order valence-corrected chi connectivity index (χ3v) is 4.46. The Kier molecular flexibility index (Phi) is 5.03. The zero-order valence-corrected chi connectivity index (χ0v) is 13.9. The van der Waals surface area contributed by atoms with Crippen molar-refractivity contribution < 1.29 is 4.39 Å².